The summed E-state index contributed by atoms with van der Waals surface area (Å²) in [7, 11) is -3.70. The summed E-state index contributed by atoms with van der Waals surface area (Å²) in [4.78, 5) is 12.6. The number of ether oxygens (including phenoxy) is 2. The van der Waals surface area contributed by atoms with Gasteiger partial charge in [0.05, 0.1) is 6.61 Å². The molecule has 1 aliphatic rings. The largest absolute Gasteiger partial charge is 0.492 e. The molecule has 0 bridgehead atoms. The second-order valence-corrected chi connectivity index (χ2v) is 9.43. The predicted octanol–water partition coefficient (Wildman–Crippen LogP) is 4.04. The van der Waals surface area contributed by atoms with Gasteiger partial charge < -0.3 is 14.8 Å². The van der Waals surface area contributed by atoms with Crippen LogP contribution >= 0.6 is 0 Å². The SMILES string of the molecule is CCOc1ccc(NC(=O)COc2cccc3ccccc23)cc1S(=O)(=O)N1CCCC1. The zero-order chi connectivity index (χ0) is 22.6. The molecule has 1 N–H and O–H groups in total. The van der Waals surface area contributed by atoms with Crippen molar-refractivity contribution in [3.05, 3.63) is 60.7 Å². The van der Waals surface area contributed by atoms with E-state index in [9.17, 15) is 13.2 Å². The number of amides is 1. The Hall–Kier alpha value is -3.10. The van der Waals surface area contributed by atoms with E-state index in [0.29, 0.717) is 31.1 Å². The average molecular weight is 455 g/mol. The molecular weight excluding hydrogens is 428 g/mol. The quantitative estimate of drug-likeness (QED) is 0.555. The molecule has 32 heavy (non-hydrogen) atoms. The van der Waals surface area contributed by atoms with E-state index in [2.05, 4.69) is 5.32 Å². The van der Waals surface area contributed by atoms with E-state index in [1.807, 2.05) is 42.5 Å². The maximum Gasteiger partial charge on any atom is 0.262 e. The summed E-state index contributed by atoms with van der Waals surface area (Å²) in [5.41, 5.74) is 0.373. The third-order valence-corrected chi connectivity index (χ3v) is 7.24. The fraction of sp³-hybridized carbons (Fsp3) is 0.292. The minimum Gasteiger partial charge on any atom is -0.492 e. The van der Waals surface area contributed by atoms with Gasteiger partial charge in [-0.05, 0) is 49.4 Å². The Morgan fingerprint density at radius 1 is 0.969 bits per heavy atom. The number of carbonyl (C=O) groups excluding carboxylic acids is 1. The first-order chi connectivity index (χ1) is 15.5. The third-order valence-electron chi connectivity index (χ3n) is 5.32. The first-order valence-corrected chi connectivity index (χ1v) is 12.1. The van der Waals surface area contributed by atoms with Crippen LogP contribution in [0.2, 0.25) is 0 Å². The molecule has 3 aromatic rings. The molecule has 0 unspecified atom stereocenters. The fourth-order valence-corrected chi connectivity index (χ4v) is 5.47. The molecule has 1 saturated heterocycles. The highest BCUT2D eigenvalue weighted by molar-refractivity contribution is 7.89. The predicted molar refractivity (Wildman–Crippen MR) is 124 cm³/mol. The summed E-state index contributed by atoms with van der Waals surface area (Å²) in [5, 5.41) is 4.67. The minimum absolute atomic E-state index is 0.0639. The van der Waals surface area contributed by atoms with Crippen LogP contribution in [-0.4, -0.2) is 44.9 Å². The number of hydrogen-bond donors (Lipinski definition) is 1. The van der Waals surface area contributed by atoms with Crippen molar-refractivity contribution < 1.29 is 22.7 Å². The smallest absolute Gasteiger partial charge is 0.262 e. The van der Waals surface area contributed by atoms with Crippen LogP contribution in [0.1, 0.15) is 19.8 Å². The van der Waals surface area contributed by atoms with Gasteiger partial charge in [0.1, 0.15) is 16.4 Å². The van der Waals surface area contributed by atoms with E-state index in [0.717, 1.165) is 23.6 Å². The zero-order valence-corrected chi connectivity index (χ0v) is 18.7. The van der Waals surface area contributed by atoms with Crippen molar-refractivity contribution in [1.29, 1.82) is 0 Å². The van der Waals surface area contributed by atoms with Gasteiger partial charge in [-0.2, -0.15) is 4.31 Å². The molecule has 0 spiro atoms. The normalized spacial score (nSPS) is 14.4. The van der Waals surface area contributed by atoms with Gasteiger partial charge in [-0.15, -0.1) is 0 Å². The monoisotopic (exact) mass is 454 g/mol. The Kier molecular flexibility index (Phi) is 6.62. The lowest BCUT2D eigenvalue weighted by Crippen LogP contribution is -2.28. The van der Waals surface area contributed by atoms with Crippen molar-refractivity contribution >= 4 is 32.4 Å². The highest BCUT2D eigenvalue weighted by atomic mass is 32.2. The van der Waals surface area contributed by atoms with Gasteiger partial charge in [-0.3, -0.25) is 4.79 Å². The number of rotatable bonds is 8. The van der Waals surface area contributed by atoms with Crippen molar-refractivity contribution in [3.63, 3.8) is 0 Å². The number of carbonyl (C=O) groups is 1. The molecule has 1 fully saturated rings. The van der Waals surface area contributed by atoms with Gasteiger partial charge >= 0.3 is 0 Å². The van der Waals surface area contributed by atoms with E-state index >= 15 is 0 Å². The Bertz CT molecular complexity index is 1210. The average Bonchev–Trinajstić information content (AvgIpc) is 3.35. The van der Waals surface area contributed by atoms with Crippen molar-refractivity contribution in [1.82, 2.24) is 4.31 Å². The second-order valence-electron chi connectivity index (χ2n) is 7.52. The van der Waals surface area contributed by atoms with Crippen LogP contribution in [0, 0.1) is 0 Å². The lowest BCUT2D eigenvalue weighted by Gasteiger charge is -2.19. The Balaban J connectivity index is 1.50. The van der Waals surface area contributed by atoms with Crippen LogP contribution in [0.15, 0.2) is 65.6 Å². The van der Waals surface area contributed by atoms with Gasteiger partial charge in [0.2, 0.25) is 10.0 Å². The number of nitrogens with one attached hydrogen (secondary N) is 1. The molecule has 0 aromatic heterocycles. The summed E-state index contributed by atoms with van der Waals surface area (Å²) in [6.45, 7) is 2.92. The van der Waals surface area contributed by atoms with Crippen LogP contribution in [-0.2, 0) is 14.8 Å². The van der Waals surface area contributed by atoms with Crippen LogP contribution in [0.4, 0.5) is 5.69 Å². The summed E-state index contributed by atoms with van der Waals surface area (Å²) < 4.78 is 39.0. The Labute approximate surface area is 188 Å². The van der Waals surface area contributed by atoms with E-state index in [1.54, 1.807) is 19.1 Å². The Morgan fingerprint density at radius 2 is 1.72 bits per heavy atom. The van der Waals surface area contributed by atoms with E-state index in [-0.39, 0.29) is 23.2 Å². The molecule has 0 atom stereocenters. The molecular formula is C24H26N2O5S. The highest BCUT2D eigenvalue weighted by Gasteiger charge is 2.30. The molecule has 3 aromatic carbocycles. The van der Waals surface area contributed by atoms with Crippen molar-refractivity contribution in [2.24, 2.45) is 0 Å². The maximum atomic E-state index is 13.1. The van der Waals surface area contributed by atoms with Crippen LogP contribution in [0.5, 0.6) is 11.5 Å². The van der Waals surface area contributed by atoms with Gasteiger partial charge in [-0.25, -0.2) is 8.42 Å². The van der Waals surface area contributed by atoms with Gasteiger partial charge in [0.15, 0.2) is 6.61 Å². The molecule has 1 aliphatic heterocycles. The first-order valence-electron chi connectivity index (χ1n) is 10.7. The van der Waals surface area contributed by atoms with Gasteiger partial charge in [0.25, 0.3) is 5.91 Å². The van der Waals surface area contributed by atoms with Crippen LogP contribution in [0.3, 0.4) is 0 Å². The molecule has 8 heteroatoms. The topological polar surface area (TPSA) is 84.9 Å². The number of nitrogens with zero attached hydrogens (tertiary/aromatic N) is 1. The molecule has 1 amide bonds. The number of benzene rings is 3. The zero-order valence-electron chi connectivity index (χ0n) is 17.9. The lowest BCUT2D eigenvalue weighted by molar-refractivity contribution is -0.118. The summed E-state index contributed by atoms with van der Waals surface area (Å²) in [6.07, 6.45) is 1.68. The standard InChI is InChI=1S/C24H26N2O5S/c1-2-30-22-13-12-19(16-23(22)32(28,29)26-14-5-6-15-26)25-24(27)17-31-21-11-7-9-18-8-3-4-10-20(18)21/h3-4,7-13,16H,2,5-6,14-15,17H2,1H3,(H,25,27). The van der Waals surface area contributed by atoms with E-state index in [4.69, 9.17) is 9.47 Å². The second kappa shape index (κ2) is 9.58. The number of sulfonamides is 1. The summed E-state index contributed by atoms with van der Waals surface area (Å²) in [6, 6.07) is 18.1. The number of hydrogen-bond acceptors (Lipinski definition) is 5. The molecule has 4 rings (SSSR count). The van der Waals surface area contributed by atoms with Gasteiger partial charge in [-0.1, -0.05) is 36.4 Å². The molecule has 0 aliphatic carbocycles. The van der Waals surface area contributed by atoms with E-state index < -0.39 is 10.0 Å². The number of anilines is 1. The van der Waals surface area contributed by atoms with Crippen LogP contribution in [0.25, 0.3) is 10.8 Å². The maximum absolute atomic E-state index is 13.1. The molecule has 1 heterocycles. The minimum atomic E-state index is -3.70. The highest BCUT2D eigenvalue weighted by Crippen LogP contribution is 2.32. The van der Waals surface area contributed by atoms with Crippen molar-refractivity contribution in [2.75, 3.05) is 31.6 Å². The van der Waals surface area contributed by atoms with Gasteiger partial charge in [0, 0.05) is 24.2 Å². The number of fused-ring (bicyclic) bond motifs is 1. The third kappa shape index (κ3) is 4.71. The first kappa shape index (κ1) is 22.1. The lowest BCUT2D eigenvalue weighted by atomic mass is 10.1. The van der Waals surface area contributed by atoms with Crippen LogP contribution < -0.4 is 14.8 Å². The molecule has 0 saturated carbocycles. The van der Waals surface area contributed by atoms with E-state index in [1.165, 1.54) is 10.4 Å². The van der Waals surface area contributed by atoms with Crippen molar-refractivity contribution in [3.8, 4) is 11.5 Å². The summed E-state index contributed by atoms with van der Waals surface area (Å²) in [5.74, 6) is 0.512. The molecule has 168 valence electrons. The molecule has 7 nitrogen and oxygen atoms in total. The Morgan fingerprint density at radius 3 is 2.50 bits per heavy atom. The molecule has 0 radical (unpaired) electrons. The summed E-state index contributed by atoms with van der Waals surface area (Å²) >= 11 is 0. The van der Waals surface area contributed by atoms with Crippen molar-refractivity contribution in [2.45, 2.75) is 24.7 Å². The fourth-order valence-electron chi connectivity index (χ4n) is 3.79.